The van der Waals surface area contributed by atoms with Crippen LogP contribution < -0.4 is 0 Å². The van der Waals surface area contributed by atoms with Gasteiger partial charge in [0, 0.05) is 5.92 Å². The first-order valence-corrected chi connectivity index (χ1v) is 2.66. The number of hydrogen-bond acceptors (Lipinski definition) is 2. The highest BCUT2D eigenvalue weighted by Crippen LogP contribution is 2.27. The molecule has 42 valence electrons. The lowest BCUT2D eigenvalue weighted by Gasteiger charge is -1.76. The molecule has 0 aliphatic heterocycles. The molecule has 1 fully saturated rings. The fourth-order valence-electron chi connectivity index (χ4n) is 0.420. The van der Waals surface area contributed by atoms with Crippen LogP contribution >= 0.6 is 0 Å². The largest absolute Gasteiger partial charge is 0.544 e. The third kappa shape index (κ3) is 2.01. The quantitative estimate of drug-likeness (QED) is 0.323. The lowest BCUT2D eigenvalue weighted by Crippen LogP contribution is -2.06. The summed E-state index contributed by atoms with van der Waals surface area (Å²) in [7, 11) is -1.43. The highest BCUT2D eigenvalue weighted by Gasteiger charge is 2.18. The third-order valence-electron chi connectivity index (χ3n) is 0.994. The molecule has 0 radical (unpaired) electrons. The van der Waals surface area contributed by atoms with Crippen molar-refractivity contribution in [3.05, 3.63) is 0 Å². The van der Waals surface area contributed by atoms with Crippen molar-refractivity contribution in [3.63, 3.8) is 0 Å². The van der Waals surface area contributed by atoms with E-state index in [4.69, 9.17) is 10.0 Å². The van der Waals surface area contributed by atoms with Gasteiger partial charge in [0.1, 0.15) is 0 Å². The van der Waals surface area contributed by atoms with Crippen LogP contribution in [0.2, 0.25) is 0 Å². The van der Waals surface area contributed by atoms with Crippen molar-refractivity contribution in [2.75, 3.05) is 0 Å². The molecular weight excluding hydrogens is 103 g/mol. The number of rotatable bonds is 0. The summed E-state index contributed by atoms with van der Waals surface area (Å²) in [5.41, 5.74) is 0. The van der Waals surface area contributed by atoms with Crippen molar-refractivity contribution in [2.24, 2.45) is 5.92 Å². The third-order valence-corrected chi connectivity index (χ3v) is 0.994. The average Bonchev–Trinajstić information content (AvgIpc) is 2.41. The topological polar surface area (TPSA) is 40.5 Å². The molecule has 1 aliphatic carbocycles. The Kier molecular flexibility index (Phi) is 1.57. The minimum absolute atomic E-state index is 0.455. The minimum atomic E-state index is -1.43. The van der Waals surface area contributed by atoms with Crippen molar-refractivity contribution in [2.45, 2.75) is 12.8 Å². The maximum Gasteiger partial charge on any atom is 0.544 e. The molecule has 0 aromatic heterocycles. The van der Waals surface area contributed by atoms with Crippen LogP contribution in [0.3, 0.4) is 0 Å². The first-order chi connectivity index (χ1) is 3.79. The lowest BCUT2D eigenvalue weighted by atomic mass is 9.94. The van der Waals surface area contributed by atoms with Crippen molar-refractivity contribution in [3.8, 4) is 11.7 Å². The van der Waals surface area contributed by atoms with Crippen LogP contribution in [0.15, 0.2) is 0 Å². The van der Waals surface area contributed by atoms with Gasteiger partial charge in [-0.15, -0.1) is 5.92 Å². The van der Waals surface area contributed by atoms with E-state index in [2.05, 4.69) is 11.7 Å². The van der Waals surface area contributed by atoms with Crippen molar-refractivity contribution >= 4 is 7.12 Å². The smallest absolute Gasteiger partial charge is 0.416 e. The maximum absolute atomic E-state index is 8.21. The van der Waals surface area contributed by atoms with Gasteiger partial charge >= 0.3 is 7.12 Å². The van der Waals surface area contributed by atoms with Crippen LogP contribution in [0.25, 0.3) is 0 Å². The molecule has 0 heterocycles. The maximum atomic E-state index is 8.21. The van der Waals surface area contributed by atoms with E-state index in [0.717, 1.165) is 12.8 Å². The molecule has 0 saturated heterocycles. The molecule has 2 nitrogen and oxygen atoms in total. The molecule has 1 rings (SSSR count). The van der Waals surface area contributed by atoms with Crippen molar-refractivity contribution in [1.82, 2.24) is 0 Å². The van der Waals surface area contributed by atoms with E-state index in [1.807, 2.05) is 0 Å². The summed E-state index contributed by atoms with van der Waals surface area (Å²) >= 11 is 0. The van der Waals surface area contributed by atoms with E-state index < -0.39 is 7.12 Å². The predicted molar refractivity (Wildman–Crippen MR) is 30.7 cm³/mol. The number of hydrogen-bond donors (Lipinski definition) is 2. The van der Waals surface area contributed by atoms with E-state index in [-0.39, 0.29) is 0 Å². The molecule has 0 amide bonds. The first-order valence-electron chi connectivity index (χ1n) is 2.66. The van der Waals surface area contributed by atoms with Gasteiger partial charge in [0.15, 0.2) is 0 Å². The zero-order chi connectivity index (χ0) is 5.98. The van der Waals surface area contributed by atoms with Crippen LogP contribution in [-0.2, 0) is 0 Å². The summed E-state index contributed by atoms with van der Waals surface area (Å²) in [4.78, 5) is 0. The molecule has 1 aliphatic rings. The Labute approximate surface area is 48.7 Å². The highest BCUT2D eigenvalue weighted by atomic mass is 16.4. The van der Waals surface area contributed by atoms with E-state index >= 15 is 0 Å². The van der Waals surface area contributed by atoms with Gasteiger partial charge in [-0.2, -0.15) is 0 Å². The van der Waals surface area contributed by atoms with E-state index in [9.17, 15) is 0 Å². The Hall–Kier alpha value is -0.455. The molecule has 0 aromatic rings. The Morgan fingerprint density at radius 2 is 2.00 bits per heavy atom. The van der Waals surface area contributed by atoms with Crippen LogP contribution in [0.1, 0.15) is 12.8 Å². The van der Waals surface area contributed by atoms with Gasteiger partial charge in [-0.3, -0.25) is 0 Å². The van der Waals surface area contributed by atoms with Gasteiger partial charge in [0.25, 0.3) is 0 Å². The van der Waals surface area contributed by atoms with Crippen LogP contribution in [0.5, 0.6) is 0 Å². The Balaban J connectivity index is 2.23. The van der Waals surface area contributed by atoms with Crippen LogP contribution in [-0.4, -0.2) is 17.2 Å². The molecule has 0 bridgehead atoms. The second-order valence-corrected chi connectivity index (χ2v) is 1.94. The normalized spacial score (nSPS) is 16.8. The van der Waals surface area contributed by atoms with Gasteiger partial charge < -0.3 is 10.0 Å². The van der Waals surface area contributed by atoms with Gasteiger partial charge in [-0.1, -0.05) is 5.82 Å². The minimum Gasteiger partial charge on any atom is -0.416 e. The second kappa shape index (κ2) is 2.21. The van der Waals surface area contributed by atoms with E-state index in [0.29, 0.717) is 5.92 Å². The second-order valence-electron chi connectivity index (χ2n) is 1.94. The van der Waals surface area contributed by atoms with Gasteiger partial charge in [-0.05, 0) is 12.8 Å². The summed E-state index contributed by atoms with van der Waals surface area (Å²) in [6, 6.07) is 0. The molecule has 0 atom stereocenters. The molecule has 0 unspecified atom stereocenters. The van der Waals surface area contributed by atoms with Gasteiger partial charge in [-0.25, -0.2) is 0 Å². The molecule has 2 N–H and O–H groups in total. The molecule has 1 saturated carbocycles. The molecule has 8 heavy (non-hydrogen) atoms. The standard InChI is InChI=1S/C5H7BO2/c7-6(8)4-3-5-1-2-5/h5,7-8H,1-2H2. The highest BCUT2D eigenvalue weighted by molar-refractivity contribution is 6.51. The fourth-order valence-corrected chi connectivity index (χ4v) is 0.420. The summed E-state index contributed by atoms with van der Waals surface area (Å²) in [5.74, 6) is 5.43. The Morgan fingerprint density at radius 1 is 1.38 bits per heavy atom. The molecule has 0 spiro atoms. The summed E-state index contributed by atoms with van der Waals surface area (Å²) in [6.45, 7) is 0. The average molecular weight is 110 g/mol. The summed E-state index contributed by atoms with van der Waals surface area (Å²) in [5, 5.41) is 16.4. The summed E-state index contributed by atoms with van der Waals surface area (Å²) < 4.78 is 0. The van der Waals surface area contributed by atoms with Crippen LogP contribution in [0.4, 0.5) is 0 Å². The predicted octanol–water partition coefficient (Wildman–Crippen LogP) is -0.588. The SMILES string of the molecule is OB(O)C#CC1CC1. The van der Waals surface area contributed by atoms with E-state index in [1.165, 1.54) is 0 Å². The monoisotopic (exact) mass is 110 g/mol. The van der Waals surface area contributed by atoms with Gasteiger partial charge in [0.05, 0.1) is 0 Å². The molecule has 3 heteroatoms. The fraction of sp³-hybridized carbons (Fsp3) is 0.600. The van der Waals surface area contributed by atoms with Crippen molar-refractivity contribution in [1.29, 1.82) is 0 Å². The van der Waals surface area contributed by atoms with Crippen LogP contribution in [0, 0.1) is 17.7 Å². The van der Waals surface area contributed by atoms with Gasteiger partial charge in [0.2, 0.25) is 0 Å². The lowest BCUT2D eigenvalue weighted by molar-refractivity contribution is 0.427. The zero-order valence-electron chi connectivity index (χ0n) is 4.46. The van der Waals surface area contributed by atoms with Crippen molar-refractivity contribution < 1.29 is 10.0 Å². The molecule has 0 aromatic carbocycles. The zero-order valence-corrected chi connectivity index (χ0v) is 4.46. The first kappa shape index (κ1) is 5.68. The Bertz CT molecular complexity index is 123. The van der Waals surface area contributed by atoms with E-state index in [1.54, 1.807) is 0 Å². The molecular formula is C5H7BO2. The summed E-state index contributed by atoms with van der Waals surface area (Å²) in [6.07, 6.45) is 2.25. The Morgan fingerprint density at radius 3 is 2.38 bits per heavy atom.